The number of carbonyl (C=O) groups is 1. The van der Waals surface area contributed by atoms with Crippen molar-refractivity contribution in [3.8, 4) is 17.2 Å². The van der Waals surface area contributed by atoms with Gasteiger partial charge in [-0.25, -0.2) is 0 Å². The van der Waals surface area contributed by atoms with Gasteiger partial charge in [-0.1, -0.05) is 23.2 Å². The molecule has 0 amide bonds. The first kappa shape index (κ1) is 19.8. The summed E-state index contributed by atoms with van der Waals surface area (Å²) in [4.78, 5) is 11.7. The van der Waals surface area contributed by atoms with Crippen molar-refractivity contribution in [2.24, 2.45) is 0 Å². The Morgan fingerprint density at radius 1 is 1.11 bits per heavy atom. The third-order valence-electron chi connectivity index (χ3n) is 3.97. The summed E-state index contributed by atoms with van der Waals surface area (Å²) < 4.78 is 21.9. The first-order chi connectivity index (χ1) is 13.1. The molecular weight excluding hydrogens is 391 g/mol. The Balaban J connectivity index is 1.40. The number of hydrogen-bond donors (Lipinski definition) is 0. The van der Waals surface area contributed by atoms with Crippen molar-refractivity contribution in [3.63, 3.8) is 0 Å². The van der Waals surface area contributed by atoms with E-state index in [0.29, 0.717) is 33.9 Å². The maximum Gasteiger partial charge on any atom is 0.309 e. The minimum atomic E-state index is -0.289. The molecule has 0 spiro atoms. The molecule has 0 aromatic heterocycles. The summed E-state index contributed by atoms with van der Waals surface area (Å²) in [6.07, 6.45) is 2.19. The van der Waals surface area contributed by atoms with Gasteiger partial charge in [-0.15, -0.1) is 0 Å². The predicted octanol–water partition coefficient (Wildman–Crippen LogP) is 5.28. The molecule has 7 heteroatoms. The molecule has 0 N–H and O–H groups in total. The molecule has 1 aliphatic rings. The smallest absolute Gasteiger partial charge is 0.309 e. The molecule has 0 aliphatic carbocycles. The minimum absolute atomic E-state index is 0.0385. The van der Waals surface area contributed by atoms with Crippen LogP contribution >= 0.6 is 23.2 Å². The van der Waals surface area contributed by atoms with E-state index >= 15 is 0 Å². The van der Waals surface area contributed by atoms with Crippen LogP contribution in [0.2, 0.25) is 10.0 Å². The van der Waals surface area contributed by atoms with Crippen LogP contribution in [0.1, 0.15) is 19.3 Å². The highest BCUT2D eigenvalue weighted by Crippen LogP contribution is 2.32. The molecule has 1 heterocycles. The fraction of sp³-hybridized carbons (Fsp3) is 0.350. The van der Waals surface area contributed by atoms with Gasteiger partial charge in [-0.3, -0.25) is 4.79 Å². The van der Waals surface area contributed by atoms with Gasteiger partial charge in [-0.2, -0.15) is 0 Å². The van der Waals surface area contributed by atoms with Gasteiger partial charge in [0.1, 0.15) is 23.9 Å². The van der Waals surface area contributed by atoms with Gasteiger partial charge in [0.15, 0.2) is 0 Å². The second-order valence-electron chi connectivity index (χ2n) is 6.06. The Morgan fingerprint density at radius 2 is 1.89 bits per heavy atom. The lowest BCUT2D eigenvalue weighted by atomic mass is 10.2. The lowest BCUT2D eigenvalue weighted by Gasteiger charge is -2.11. The number of hydrogen-bond acceptors (Lipinski definition) is 5. The van der Waals surface area contributed by atoms with Crippen LogP contribution in [-0.2, 0) is 14.3 Å². The quantitative estimate of drug-likeness (QED) is 0.554. The van der Waals surface area contributed by atoms with Crippen molar-refractivity contribution in [1.82, 2.24) is 0 Å². The van der Waals surface area contributed by atoms with Crippen molar-refractivity contribution in [1.29, 1.82) is 0 Å². The Bertz CT molecular complexity index is 757. The third kappa shape index (κ3) is 6.31. The zero-order chi connectivity index (χ0) is 19.1. The number of rotatable bonds is 8. The highest BCUT2D eigenvalue weighted by atomic mass is 35.5. The minimum Gasteiger partial charge on any atom is -0.493 e. The van der Waals surface area contributed by atoms with E-state index in [-0.39, 0.29) is 25.1 Å². The summed E-state index contributed by atoms with van der Waals surface area (Å²) in [5.74, 6) is 1.48. The normalized spacial score (nSPS) is 16.1. The molecule has 2 aromatic carbocycles. The lowest BCUT2D eigenvalue weighted by Crippen LogP contribution is -2.19. The molecular formula is C20H20Cl2O5. The van der Waals surface area contributed by atoms with Crippen molar-refractivity contribution < 1.29 is 23.7 Å². The molecule has 1 saturated heterocycles. The van der Waals surface area contributed by atoms with Crippen LogP contribution in [0.15, 0.2) is 42.5 Å². The summed E-state index contributed by atoms with van der Waals surface area (Å²) in [7, 11) is 0. The lowest BCUT2D eigenvalue weighted by molar-refractivity contribution is -0.147. The number of ether oxygens (including phenoxy) is 4. The number of benzene rings is 2. The highest BCUT2D eigenvalue weighted by molar-refractivity contribution is 6.35. The molecule has 3 rings (SSSR count). The average Bonchev–Trinajstić information content (AvgIpc) is 3.17. The van der Waals surface area contributed by atoms with Crippen LogP contribution in [0.4, 0.5) is 0 Å². The van der Waals surface area contributed by atoms with Gasteiger partial charge in [0, 0.05) is 11.6 Å². The number of halogens is 2. The summed E-state index contributed by atoms with van der Waals surface area (Å²) in [5, 5.41) is 0.981. The largest absolute Gasteiger partial charge is 0.493 e. The number of esters is 1. The van der Waals surface area contributed by atoms with E-state index in [9.17, 15) is 4.79 Å². The van der Waals surface area contributed by atoms with Crippen LogP contribution < -0.4 is 9.47 Å². The summed E-state index contributed by atoms with van der Waals surface area (Å²) in [6.45, 7) is 1.31. The van der Waals surface area contributed by atoms with E-state index in [1.807, 2.05) is 0 Å². The maximum atomic E-state index is 11.7. The average molecular weight is 411 g/mol. The molecule has 1 unspecified atom stereocenters. The standard InChI is InChI=1S/C20H20Cl2O5/c21-14-3-8-19(18(22)12-14)27-16-6-4-15(5-7-16)25-11-9-20(23)26-13-17-2-1-10-24-17/h3-8,12,17H,1-2,9-11,13H2. The Labute approximate surface area is 168 Å². The molecule has 0 radical (unpaired) electrons. The van der Waals surface area contributed by atoms with E-state index < -0.39 is 0 Å². The Morgan fingerprint density at radius 3 is 2.59 bits per heavy atom. The fourth-order valence-electron chi connectivity index (χ4n) is 2.57. The van der Waals surface area contributed by atoms with Gasteiger partial charge < -0.3 is 18.9 Å². The first-order valence-corrected chi connectivity index (χ1v) is 9.49. The van der Waals surface area contributed by atoms with Gasteiger partial charge in [0.05, 0.1) is 24.2 Å². The molecule has 5 nitrogen and oxygen atoms in total. The fourth-order valence-corrected chi connectivity index (χ4v) is 3.02. The first-order valence-electron chi connectivity index (χ1n) is 8.73. The van der Waals surface area contributed by atoms with Gasteiger partial charge >= 0.3 is 5.97 Å². The van der Waals surface area contributed by atoms with Crippen LogP contribution in [-0.4, -0.2) is 31.9 Å². The molecule has 0 saturated carbocycles. The summed E-state index contributed by atoms with van der Waals surface area (Å²) >= 11 is 12.0. The van der Waals surface area contributed by atoms with Crippen molar-refractivity contribution in [2.45, 2.75) is 25.4 Å². The van der Waals surface area contributed by atoms with Crippen LogP contribution in [0, 0.1) is 0 Å². The van der Waals surface area contributed by atoms with Crippen LogP contribution in [0.3, 0.4) is 0 Å². The maximum absolute atomic E-state index is 11.7. The zero-order valence-electron chi connectivity index (χ0n) is 14.7. The van der Waals surface area contributed by atoms with Crippen molar-refractivity contribution in [3.05, 3.63) is 52.5 Å². The van der Waals surface area contributed by atoms with E-state index in [4.69, 9.17) is 42.1 Å². The predicted molar refractivity (Wildman–Crippen MR) is 103 cm³/mol. The van der Waals surface area contributed by atoms with Crippen molar-refractivity contribution >= 4 is 29.2 Å². The Kier molecular flexibility index (Phi) is 7.21. The molecule has 144 valence electrons. The van der Waals surface area contributed by atoms with E-state index in [0.717, 1.165) is 19.4 Å². The molecule has 1 aliphatic heterocycles. The zero-order valence-corrected chi connectivity index (χ0v) is 16.2. The molecule has 1 fully saturated rings. The summed E-state index contributed by atoms with van der Waals surface area (Å²) in [5.41, 5.74) is 0. The second-order valence-corrected chi connectivity index (χ2v) is 6.91. The topological polar surface area (TPSA) is 54.0 Å². The Hall–Kier alpha value is -1.95. The van der Waals surface area contributed by atoms with Gasteiger partial charge in [-0.05, 0) is 55.3 Å². The van der Waals surface area contributed by atoms with E-state index in [1.54, 1.807) is 42.5 Å². The SMILES string of the molecule is O=C(CCOc1ccc(Oc2ccc(Cl)cc2Cl)cc1)OCC1CCCO1. The van der Waals surface area contributed by atoms with Gasteiger partial charge in [0.25, 0.3) is 0 Å². The molecule has 0 bridgehead atoms. The van der Waals surface area contributed by atoms with Gasteiger partial charge in [0.2, 0.25) is 0 Å². The van der Waals surface area contributed by atoms with Crippen LogP contribution in [0.5, 0.6) is 17.2 Å². The molecule has 2 aromatic rings. The van der Waals surface area contributed by atoms with Crippen LogP contribution in [0.25, 0.3) is 0 Å². The highest BCUT2D eigenvalue weighted by Gasteiger charge is 2.17. The summed E-state index contributed by atoms with van der Waals surface area (Å²) in [6, 6.07) is 12.1. The van der Waals surface area contributed by atoms with E-state index in [2.05, 4.69) is 0 Å². The molecule has 1 atom stereocenters. The monoisotopic (exact) mass is 410 g/mol. The van der Waals surface area contributed by atoms with Crippen molar-refractivity contribution in [2.75, 3.05) is 19.8 Å². The second kappa shape index (κ2) is 9.83. The van der Waals surface area contributed by atoms with E-state index in [1.165, 1.54) is 0 Å². The third-order valence-corrected chi connectivity index (χ3v) is 4.51. The number of carbonyl (C=O) groups excluding carboxylic acids is 1. The molecule has 27 heavy (non-hydrogen) atoms.